The summed E-state index contributed by atoms with van der Waals surface area (Å²) < 4.78 is 13.2. The average molecular weight is 248 g/mol. The van der Waals surface area contributed by atoms with Crippen molar-refractivity contribution in [1.82, 2.24) is 0 Å². The van der Waals surface area contributed by atoms with Crippen LogP contribution >= 0.6 is 22.6 Å². The minimum absolute atomic E-state index is 0.361. The van der Waals surface area contributed by atoms with Crippen LogP contribution in [0.1, 0.15) is 5.56 Å². The Kier molecular flexibility index (Phi) is 2.71. The predicted molar refractivity (Wildman–Crippen MR) is 52.1 cm³/mol. The number of hydrogen-bond donors (Lipinski definition) is 0. The molecule has 0 saturated heterocycles. The molecule has 0 saturated carbocycles. The van der Waals surface area contributed by atoms with Gasteiger partial charge in [0.25, 0.3) is 0 Å². The van der Waals surface area contributed by atoms with E-state index in [1.807, 2.05) is 26.0 Å². The monoisotopic (exact) mass is 248 g/mol. The van der Waals surface area contributed by atoms with E-state index in [2.05, 4.69) is 22.6 Å². The van der Waals surface area contributed by atoms with Crippen molar-refractivity contribution in [3.8, 4) is 0 Å². The molecule has 0 aliphatic carbocycles. The first-order valence-electron chi connectivity index (χ1n) is 3.05. The van der Waals surface area contributed by atoms with E-state index in [-0.39, 0.29) is 6.67 Å². The molecule has 1 rings (SSSR count). The van der Waals surface area contributed by atoms with Gasteiger partial charge in [-0.05, 0) is 34.2 Å². The summed E-state index contributed by atoms with van der Waals surface area (Å²) in [6, 6.07) is 5.80. The van der Waals surface area contributed by atoms with Gasteiger partial charge in [0.1, 0.15) is 14.5 Å². The second-order valence-electron chi connectivity index (χ2n) is 2.23. The summed E-state index contributed by atoms with van der Waals surface area (Å²) in [5.41, 5.74) is 1.91. The molecule has 0 radical (unpaired) electrons. The third kappa shape index (κ3) is 1.72. The molecule has 0 atom stereocenters. The fourth-order valence-corrected chi connectivity index (χ4v) is 1.29. The summed E-state index contributed by atoms with van der Waals surface area (Å²) in [4.78, 5) is 0. The first kappa shape index (κ1) is 8.05. The van der Waals surface area contributed by atoms with Crippen LogP contribution in [-0.4, -0.2) is 7.85 Å². The topological polar surface area (TPSA) is 0 Å². The number of halogens is 2. The third-order valence-electron chi connectivity index (χ3n) is 1.35. The maximum Gasteiger partial charge on any atom is 0.139 e. The molecule has 1 aromatic carbocycles. The van der Waals surface area contributed by atoms with Crippen LogP contribution in [-0.2, 0) is 6.67 Å². The lowest BCUT2D eigenvalue weighted by atomic mass is 9.95. The fourth-order valence-electron chi connectivity index (χ4n) is 0.806. The van der Waals surface area contributed by atoms with Crippen LogP contribution < -0.4 is 5.46 Å². The fraction of sp³-hybridized carbons (Fsp3) is 0.143. The summed E-state index contributed by atoms with van der Waals surface area (Å²) in [5.74, 6) is 0. The highest BCUT2D eigenvalue weighted by Gasteiger charge is 1.96. The summed E-state index contributed by atoms with van der Waals surface area (Å²) in [6.45, 7) is -0.361. The smallest absolute Gasteiger partial charge is 0.139 e. The number of alkyl halides is 1. The summed E-state index contributed by atoms with van der Waals surface area (Å²) in [5, 5.41) is 0. The zero-order valence-electron chi connectivity index (χ0n) is 5.70. The molecule has 1 aromatic rings. The maximum absolute atomic E-state index is 12.2. The first-order valence-corrected chi connectivity index (χ1v) is 4.13. The molecule has 0 aliphatic heterocycles. The highest BCUT2D eigenvalue weighted by molar-refractivity contribution is 14.1. The van der Waals surface area contributed by atoms with E-state index in [4.69, 9.17) is 0 Å². The Balaban J connectivity index is 3.09. The molecular weight excluding hydrogens is 241 g/mol. The van der Waals surface area contributed by atoms with E-state index in [1.54, 1.807) is 0 Å². The Morgan fingerprint density at radius 3 is 2.70 bits per heavy atom. The number of hydrogen-bond acceptors (Lipinski definition) is 0. The van der Waals surface area contributed by atoms with E-state index >= 15 is 0 Å². The normalized spacial score (nSPS) is 9.80. The second kappa shape index (κ2) is 3.37. The van der Waals surface area contributed by atoms with Crippen LogP contribution in [0.5, 0.6) is 0 Å². The van der Waals surface area contributed by atoms with Crippen molar-refractivity contribution < 1.29 is 4.39 Å². The van der Waals surface area contributed by atoms with Gasteiger partial charge in [0.15, 0.2) is 0 Å². The minimum Gasteiger partial charge on any atom is -0.246 e. The Hall–Kier alpha value is -0.0551. The standard InChI is InChI=1S/C7H7BFI/c8-6-1-2-7(10)5(3-6)4-9/h1-3H,4,8H2. The lowest BCUT2D eigenvalue weighted by Crippen LogP contribution is -2.03. The molecular formula is C7H7BFI. The molecule has 0 N–H and O–H groups in total. The van der Waals surface area contributed by atoms with Gasteiger partial charge >= 0.3 is 0 Å². The quantitative estimate of drug-likeness (QED) is 0.514. The molecule has 0 aromatic heterocycles. The summed E-state index contributed by atoms with van der Waals surface area (Å²) in [6.07, 6.45) is 0. The van der Waals surface area contributed by atoms with Crippen molar-refractivity contribution in [2.24, 2.45) is 0 Å². The van der Waals surface area contributed by atoms with E-state index in [1.165, 1.54) is 0 Å². The van der Waals surface area contributed by atoms with Crippen LogP contribution in [0.3, 0.4) is 0 Å². The van der Waals surface area contributed by atoms with E-state index in [0.717, 1.165) is 14.6 Å². The predicted octanol–water partition coefficient (Wildman–Crippen LogP) is 1.02. The molecule has 0 bridgehead atoms. The summed E-state index contributed by atoms with van der Waals surface area (Å²) >= 11 is 2.14. The highest BCUT2D eigenvalue weighted by Crippen LogP contribution is 2.10. The number of benzene rings is 1. The van der Waals surface area contributed by atoms with Crippen molar-refractivity contribution in [2.45, 2.75) is 6.67 Å². The van der Waals surface area contributed by atoms with Crippen LogP contribution in [0.4, 0.5) is 4.39 Å². The van der Waals surface area contributed by atoms with Gasteiger partial charge < -0.3 is 0 Å². The molecule has 0 heterocycles. The molecule has 0 spiro atoms. The van der Waals surface area contributed by atoms with Gasteiger partial charge in [-0.1, -0.05) is 17.6 Å². The Morgan fingerprint density at radius 1 is 1.50 bits per heavy atom. The largest absolute Gasteiger partial charge is 0.246 e. The summed E-state index contributed by atoms with van der Waals surface area (Å²) in [7, 11) is 1.97. The van der Waals surface area contributed by atoms with Crippen LogP contribution in [0.25, 0.3) is 0 Å². The molecule has 0 amide bonds. The van der Waals surface area contributed by atoms with Crippen molar-refractivity contribution in [1.29, 1.82) is 0 Å². The minimum atomic E-state index is -0.361. The van der Waals surface area contributed by atoms with Gasteiger partial charge in [-0.15, -0.1) is 0 Å². The third-order valence-corrected chi connectivity index (χ3v) is 2.40. The second-order valence-corrected chi connectivity index (χ2v) is 3.39. The Bertz CT molecular complexity index is 237. The van der Waals surface area contributed by atoms with Crippen molar-refractivity contribution in [3.05, 3.63) is 27.3 Å². The van der Waals surface area contributed by atoms with Crippen LogP contribution in [0.15, 0.2) is 18.2 Å². The van der Waals surface area contributed by atoms with Gasteiger partial charge in [0.05, 0.1) is 0 Å². The maximum atomic E-state index is 12.2. The molecule has 10 heavy (non-hydrogen) atoms. The van der Waals surface area contributed by atoms with Crippen LogP contribution in [0.2, 0.25) is 0 Å². The van der Waals surface area contributed by atoms with E-state index < -0.39 is 0 Å². The van der Waals surface area contributed by atoms with E-state index in [0.29, 0.717) is 0 Å². The van der Waals surface area contributed by atoms with Gasteiger partial charge in [0.2, 0.25) is 0 Å². The van der Waals surface area contributed by atoms with Gasteiger partial charge in [-0.25, -0.2) is 4.39 Å². The number of rotatable bonds is 1. The lowest BCUT2D eigenvalue weighted by molar-refractivity contribution is 0.484. The van der Waals surface area contributed by atoms with Gasteiger partial charge in [-0.2, -0.15) is 0 Å². The van der Waals surface area contributed by atoms with Gasteiger partial charge in [-0.3, -0.25) is 0 Å². The SMILES string of the molecule is Bc1ccc(I)c(CF)c1. The lowest BCUT2D eigenvalue weighted by Gasteiger charge is -1.99. The Morgan fingerprint density at radius 2 is 2.20 bits per heavy atom. The molecule has 0 aliphatic rings. The average Bonchev–Trinajstić information content (AvgIpc) is 1.94. The molecule has 0 fully saturated rings. The zero-order chi connectivity index (χ0) is 7.56. The first-order chi connectivity index (χ1) is 4.74. The van der Waals surface area contributed by atoms with E-state index in [9.17, 15) is 4.39 Å². The molecule has 52 valence electrons. The van der Waals surface area contributed by atoms with Crippen molar-refractivity contribution in [2.75, 3.05) is 0 Å². The highest BCUT2D eigenvalue weighted by atomic mass is 127. The Labute approximate surface area is 74.4 Å². The zero-order valence-corrected chi connectivity index (χ0v) is 7.85. The van der Waals surface area contributed by atoms with Crippen molar-refractivity contribution >= 4 is 35.9 Å². The van der Waals surface area contributed by atoms with Crippen molar-refractivity contribution in [3.63, 3.8) is 0 Å². The molecule has 0 nitrogen and oxygen atoms in total. The molecule has 3 heteroatoms. The molecule has 0 unspecified atom stereocenters. The van der Waals surface area contributed by atoms with Crippen LogP contribution in [0, 0.1) is 3.57 Å². The van der Waals surface area contributed by atoms with Gasteiger partial charge in [0, 0.05) is 3.57 Å².